The van der Waals surface area contributed by atoms with Gasteiger partial charge in [0.2, 0.25) is 0 Å². The Balaban J connectivity index is 1.91. The molecule has 0 atom stereocenters. The Hall–Kier alpha value is -3.15. The van der Waals surface area contributed by atoms with Crippen LogP contribution in [0.1, 0.15) is 16.1 Å². The van der Waals surface area contributed by atoms with Gasteiger partial charge in [0.05, 0.1) is 21.3 Å². The first-order valence-corrected chi connectivity index (χ1v) is 7.77. The van der Waals surface area contributed by atoms with Crippen molar-refractivity contribution in [3.05, 3.63) is 47.7 Å². The minimum Gasteiger partial charge on any atom is -0.497 e. The summed E-state index contributed by atoms with van der Waals surface area (Å²) in [6.07, 6.45) is 0. The fourth-order valence-electron chi connectivity index (χ4n) is 2.77. The molecule has 0 saturated heterocycles. The van der Waals surface area contributed by atoms with E-state index < -0.39 is 0 Å². The number of rotatable bonds is 5. The van der Waals surface area contributed by atoms with Gasteiger partial charge in [-0.25, -0.2) is 0 Å². The van der Waals surface area contributed by atoms with Crippen molar-refractivity contribution in [2.45, 2.75) is 6.92 Å². The van der Waals surface area contributed by atoms with Gasteiger partial charge in [-0.15, -0.1) is 0 Å². The number of carbonyl (C=O) groups is 1. The van der Waals surface area contributed by atoms with Crippen LogP contribution in [0.4, 0.5) is 5.69 Å². The van der Waals surface area contributed by atoms with Crippen LogP contribution in [-0.2, 0) is 0 Å². The molecule has 0 spiro atoms. The smallest absolute Gasteiger partial charge is 0.272 e. The number of aromatic amines is 1. The van der Waals surface area contributed by atoms with Crippen LogP contribution < -0.4 is 19.5 Å². The fraction of sp³-hybridized carbons (Fsp3) is 0.211. The Morgan fingerprint density at radius 3 is 2.40 bits per heavy atom. The van der Waals surface area contributed by atoms with Gasteiger partial charge in [0.25, 0.3) is 5.91 Å². The lowest BCUT2D eigenvalue weighted by Crippen LogP contribution is -2.13. The van der Waals surface area contributed by atoms with Gasteiger partial charge in [-0.1, -0.05) is 0 Å². The van der Waals surface area contributed by atoms with E-state index >= 15 is 0 Å². The predicted octanol–water partition coefficient (Wildman–Crippen LogP) is 3.75. The summed E-state index contributed by atoms with van der Waals surface area (Å²) >= 11 is 0. The van der Waals surface area contributed by atoms with Crippen molar-refractivity contribution >= 4 is 22.5 Å². The van der Waals surface area contributed by atoms with E-state index in [9.17, 15) is 4.79 Å². The van der Waals surface area contributed by atoms with Gasteiger partial charge < -0.3 is 24.5 Å². The maximum Gasteiger partial charge on any atom is 0.272 e. The highest BCUT2D eigenvalue weighted by Gasteiger charge is 2.16. The molecule has 2 N–H and O–H groups in total. The first-order chi connectivity index (χ1) is 12.1. The number of carbonyl (C=O) groups excluding carboxylic acids is 1. The van der Waals surface area contributed by atoms with E-state index in [1.165, 1.54) is 0 Å². The van der Waals surface area contributed by atoms with E-state index in [1.807, 2.05) is 25.1 Å². The summed E-state index contributed by atoms with van der Waals surface area (Å²) in [5, 5.41) is 3.83. The Kier molecular flexibility index (Phi) is 4.52. The molecule has 6 heteroatoms. The van der Waals surface area contributed by atoms with Crippen LogP contribution in [0.15, 0.2) is 36.4 Å². The predicted molar refractivity (Wildman–Crippen MR) is 97.1 cm³/mol. The number of aromatic nitrogens is 1. The zero-order valence-corrected chi connectivity index (χ0v) is 14.6. The number of fused-ring (bicyclic) bond motifs is 1. The number of ether oxygens (including phenoxy) is 3. The van der Waals surface area contributed by atoms with E-state index in [0.717, 1.165) is 22.2 Å². The first kappa shape index (κ1) is 16.7. The average molecular weight is 340 g/mol. The van der Waals surface area contributed by atoms with Crippen molar-refractivity contribution < 1.29 is 19.0 Å². The lowest BCUT2D eigenvalue weighted by Gasteiger charge is -2.10. The topological polar surface area (TPSA) is 72.6 Å². The summed E-state index contributed by atoms with van der Waals surface area (Å²) in [5.41, 5.74) is 2.89. The minimum absolute atomic E-state index is 0.222. The van der Waals surface area contributed by atoms with E-state index in [2.05, 4.69) is 10.3 Å². The number of aryl methyl sites for hydroxylation is 1. The SMILES string of the molecule is COc1ccc2[nH]c(C(=O)Nc3ccc(OC)c(OC)c3)c(C)c2c1. The van der Waals surface area contributed by atoms with Gasteiger partial charge in [-0.3, -0.25) is 4.79 Å². The molecule has 0 fully saturated rings. The van der Waals surface area contributed by atoms with Crippen molar-refractivity contribution in [2.24, 2.45) is 0 Å². The zero-order chi connectivity index (χ0) is 18.0. The largest absolute Gasteiger partial charge is 0.497 e. The Morgan fingerprint density at radius 2 is 1.72 bits per heavy atom. The zero-order valence-electron chi connectivity index (χ0n) is 14.6. The second-order valence-electron chi connectivity index (χ2n) is 5.56. The molecular weight excluding hydrogens is 320 g/mol. The van der Waals surface area contributed by atoms with E-state index in [0.29, 0.717) is 22.9 Å². The minimum atomic E-state index is -0.222. The number of methoxy groups -OCH3 is 3. The number of amides is 1. The summed E-state index contributed by atoms with van der Waals surface area (Å²) in [5.74, 6) is 1.69. The van der Waals surface area contributed by atoms with Crippen LogP contribution in [-0.4, -0.2) is 32.2 Å². The van der Waals surface area contributed by atoms with E-state index in [1.54, 1.807) is 39.5 Å². The molecule has 3 rings (SSSR count). The molecule has 0 unspecified atom stereocenters. The van der Waals surface area contributed by atoms with Gasteiger partial charge in [-0.05, 0) is 42.8 Å². The molecule has 0 aliphatic rings. The van der Waals surface area contributed by atoms with Gasteiger partial charge in [0.1, 0.15) is 11.4 Å². The second-order valence-corrected chi connectivity index (χ2v) is 5.56. The number of nitrogens with one attached hydrogen (secondary N) is 2. The molecule has 0 saturated carbocycles. The lowest BCUT2D eigenvalue weighted by atomic mass is 10.1. The number of benzene rings is 2. The van der Waals surface area contributed by atoms with Crippen LogP contribution in [0, 0.1) is 6.92 Å². The van der Waals surface area contributed by atoms with Crippen LogP contribution in [0.25, 0.3) is 10.9 Å². The van der Waals surface area contributed by atoms with Gasteiger partial charge in [0.15, 0.2) is 11.5 Å². The van der Waals surface area contributed by atoms with E-state index in [4.69, 9.17) is 14.2 Å². The molecule has 0 aliphatic carbocycles. The summed E-state index contributed by atoms with van der Waals surface area (Å²) in [7, 11) is 4.74. The third-order valence-corrected chi connectivity index (χ3v) is 4.13. The highest BCUT2D eigenvalue weighted by atomic mass is 16.5. The van der Waals surface area contributed by atoms with Crippen molar-refractivity contribution in [2.75, 3.05) is 26.6 Å². The van der Waals surface area contributed by atoms with Gasteiger partial charge in [0, 0.05) is 22.7 Å². The number of hydrogen-bond acceptors (Lipinski definition) is 4. The summed E-state index contributed by atoms with van der Waals surface area (Å²) in [4.78, 5) is 15.8. The molecule has 6 nitrogen and oxygen atoms in total. The summed E-state index contributed by atoms with van der Waals surface area (Å²) < 4.78 is 15.7. The standard InChI is InChI=1S/C19H20N2O4/c1-11-14-10-13(23-2)6-7-15(14)21-18(11)19(22)20-12-5-8-16(24-3)17(9-12)25-4/h5-10,21H,1-4H3,(H,20,22). The van der Waals surface area contributed by atoms with Crippen LogP contribution in [0.2, 0.25) is 0 Å². The average Bonchev–Trinajstić information content (AvgIpc) is 2.97. The maximum atomic E-state index is 12.7. The van der Waals surface area contributed by atoms with E-state index in [-0.39, 0.29) is 5.91 Å². The molecule has 1 aromatic heterocycles. The third kappa shape index (κ3) is 3.10. The maximum absolute atomic E-state index is 12.7. The summed E-state index contributed by atoms with van der Waals surface area (Å²) in [6.45, 7) is 1.90. The van der Waals surface area contributed by atoms with Crippen molar-refractivity contribution in [1.29, 1.82) is 0 Å². The van der Waals surface area contributed by atoms with Gasteiger partial charge in [-0.2, -0.15) is 0 Å². The molecule has 1 amide bonds. The highest BCUT2D eigenvalue weighted by molar-refractivity contribution is 6.08. The first-order valence-electron chi connectivity index (χ1n) is 7.77. The molecule has 2 aromatic carbocycles. The molecule has 1 heterocycles. The molecule has 25 heavy (non-hydrogen) atoms. The number of hydrogen-bond donors (Lipinski definition) is 2. The monoisotopic (exact) mass is 340 g/mol. The third-order valence-electron chi connectivity index (χ3n) is 4.13. The Labute approximate surface area is 145 Å². The van der Waals surface area contributed by atoms with Crippen molar-refractivity contribution in [1.82, 2.24) is 4.98 Å². The second kappa shape index (κ2) is 6.76. The normalized spacial score (nSPS) is 10.6. The lowest BCUT2D eigenvalue weighted by molar-refractivity contribution is 0.102. The van der Waals surface area contributed by atoms with Crippen LogP contribution in [0.5, 0.6) is 17.2 Å². The van der Waals surface area contributed by atoms with Crippen LogP contribution in [0.3, 0.4) is 0 Å². The molecule has 130 valence electrons. The molecule has 3 aromatic rings. The number of anilines is 1. The van der Waals surface area contributed by atoms with Crippen LogP contribution >= 0.6 is 0 Å². The molecule has 0 radical (unpaired) electrons. The molecule has 0 aliphatic heterocycles. The quantitative estimate of drug-likeness (QED) is 0.742. The Bertz CT molecular complexity index is 931. The van der Waals surface area contributed by atoms with Gasteiger partial charge >= 0.3 is 0 Å². The number of H-pyrrole nitrogens is 1. The molecule has 0 bridgehead atoms. The Morgan fingerprint density at radius 1 is 0.960 bits per heavy atom. The highest BCUT2D eigenvalue weighted by Crippen LogP contribution is 2.31. The summed E-state index contributed by atoms with van der Waals surface area (Å²) in [6, 6.07) is 10.9. The molecular formula is C19H20N2O4. The van der Waals surface area contributed by atoms with Crippen molar-refractivity contribution in [3.8, 4) is 17.2 Å². The van der Waals surface area contributed by atoms with Crippen molar-refractivity contribution in [3.63, 3.8) is 0 Å². The fourth-order valence-corrected chi connectivity index (χ4v) is 2.77.